The Labute approximate surface area is 244 Å². The third-order valence-electron chi connectivity index (χ3n) is 7.87. The number of ether oxygens (including phenoxy) is 1. The summed E-state index contributed by atoms with van der Waals surface area (Å²) < 4.78 is 6.52. The molecule has 9 nitrogen and oxygen atoms in total. The number of halogens is 1. The molecule has 4 aromatic rings. The minimum atomic E-state index is -1.18. The lowest BCUT2D eigenvalue weighted by molar-refractivity contribution is -0.144. The van der Waals surface area contributed by atoms with Gasteiger partial charge in [0.15, 0.2) is 5.60 Å². The standard InChI is InChI=1S/C31H32ClN7O2/c32-26-14-12-25(13-15-26)28(24-8-2-1-3-9-24)39-19-17-38(18-20-39)21-22-41-31(29(40)33-30-34-36-37-35-30)16-6-10-23-7-4-5-11-27(23)31/h1-15,28H,16-22H2,(H2,33,34,35,36,37,40). The van der Waals surface area contributed by atoms with Crippen LogP contribution < -0.4 is 5.32 Å². The fourth-order valence-electron chi connectivity index (χ4n) is 5.80. The summed E-state index contributed by atoms with van der Waals surface area (Å²) >= 11 is 6.19. The van der Waals surface area contributed by atoms with Crippen molar-refractivity contribution in [2.24, 2.45) is 0 Å². The van der Waals surface area contributed by atoms with Crippen molar-refractivity contribution in [1.82, 2.24) is 30.4 Å². The second-order valence-electron chi connectivity index (χ2n) is 10.3. The van der Waals surface area contributed by atoms with Gasteiger partial charge < -0.3 is 4.74 Å². The molecule has 3 aromatic carbocycles. The summed E-state index contributed by atoms with van der Waals surface area (Å²) in [6.07, 6.45) is 4.43. The molecule has 1 aliphatic carbocycles. The van der Waals surface area contributed by atoms with Gasteiger partial charge in [0.1, 0.15) is 0 Å². The van der Waals surface area contributed by atoms with E-state index in [9.17, 15) is 4.79 Å². The molecule has 0 saturated carbocycles. The molecule has 10 heteroatoms. The van der Waals surface area contributed by atoms with E-state index in [1.54, 1.807) is 0 Å². The van der Waals surface area contributed by atoms with Crippen molar-refractivity contribution in [2.75, 3.05) is 44.6 Å². The van der Waals surface area contributed by atoms with Gasteiger partial charge in [-0.15, -0.1) is 5.10 Å². The fraction of sp³-hybridized carbons (Fsp3) is 0.290. The summed E-state index contributed by atoms with van der Waals surface area (Å²) in [6, 6.07) is 26.8. The van der Waals surface area contributed by atoms with Gasteiger partial charge in [0, 0.05) is 49.7 Å². The number of hydrogen-bond donors (Lipinski definition) is 2. The van der Waals surface area contributed by atoms with Crippen LogP contribution in [0, 0.1) is 0 Å². The number of H-pyrrole nitrogens is 1. The topological polar surface area (TPSA) is 99.3 Å². The molecule has 1 fully saturated rings. The number of aromatic nitrogens is 4. The molecule has 2 atom stereocenters. The molecule has 2 heterocycles. The minimum absolute atomic E-state index is 0.120. The minimum Gasteiger partial charge on any atom is -0.359 e. The molecule has 2 N–H and O–H groups in total. The summed E-state index contributed by atoms with van der Waals surface area (Å²) in [5.41, 5.74) is 3.12. The van der Waals surface area contributed by atoms with Gasteiger partial charge in [-0.05, 0) is 34.0 Å². The predicted molar refractivity (Wildman–Crippen MR) is 158 cm³/mol. The van der Waals surface area contributed by atoms with Crippen molar-refractivity contribution in [3.8, 4) is 0 Å². The number of nitrogens with one attached hydrogen (secondary N) is 2. The molecule has 1 amide bonds. The van der Waals surface area contributed by atoms with E-state index in [1.807, 2.05) is 48.6 Å². The van der Waals surface area contributed by atoms with E-state index in [4.69, 9.17) is 16.3 Å². The van der Waals surface area contributed by atoms with Crippen molar-refractivity contribution >= 4 is 29.5 Å². The lowest BCUT2D eigenvalue weighted by atomic mass is 9.82. The Bertz CT molecular complexity index is 1470. The quantitative estimate of drug-likeness (QED) is 0.305. The van der Waals surface area contributed by atoms with E-state index >= 15 is 0 Å². The monoisotopic (exact) mass is 569 g/mol. The van der Waals surface area contributed by atoms with E-state index in [0.717, 1.165) is 42.3 Å². The third kappa shape index (κ3) is 5.94. The molecular formula is C31H32ClN7O2. The molecular weight excluding hydrogens is 538 g/mol. The normalized spacial score (nSPS) is 19.9. The fourth-order valence-corrected chi connectivity index (χ4v) is 5.92. The van der Waals surface area contributed by atoms with Gasteiger partial charge in [0.2, 0.25) is 0 Å². The van der Waals surface area contributed by atoms with Crippen LogP contribution in [0.2, 0.25) is 5.02 Å². The van der Waals surface area contributed by atoms with E-state index in [0.29, 0.717) is 19.6 Å². The Morgan fingerprint density at radius 2 is 1.71 bits per heavy atom. The van der Waals surface area contributed by atoms with Crippen LogP contribution in [0.3, 0.4) is 0 Å². The number of amides is 1. The number of hydrogen-bond acceptors (Lipinski definition) is 7. The number of nitrogens with zero attached hydrogens (tertiary/aromatic N) is 5. The van der Waals surface area contributed by atoms with Gasteiger partial charge in [-0.1, -0.05) is 95.6 Å². The lowest BCUT2D eigenvalue weighted by Gasteiger charge is -2.40. The zero-order valence-electron chi connectivity index (χ0n) is 22.6. The summed E-state index contributed by atoms with van der Waals surface area (Å²) in [5, 5.41) is 17.2. The second kappa shape index (κ2) is 12.3. The third-order valence-corrected chi connectivity index (χ3v) is 8.12. The highest BCUT2D eigenvalue weighted by Gasteiger charge is 2.44. The zero-order valence-corrected chi connectivity index (χ0v) is 23.4. The summed E-state index contributed by atoms with van der Waals surface area (Å²) in [5.74, 6) is -0.191. The summed E-state index contributed by atoms with van der Waals surface area (Å²) in [4.78, 5) is 18.5. The number of aromatic amines is 1. The first-order valence-electron chi connectivity index (χ1n) is 13.8. The van der Waals surface area contributed by atoms with Crippen LogP contribution in [0.25, 0.3) is 6.08 Å². The largest absolute Gasteiger partial charge is 0.359 e. The number of fused-ring (bicyclic) bond motifs is 1. The highest BCUT2D eigenvalue weighted by Crippen LogP contribution is 2.38. The molecule has 0 spiro atoms. The van der Waals surface area contributed by atoms with E-state index < -0.39 is 5.60 Å². The van der Waals surface area contributed by atoms with Gasteiger partial charge in [-0.2, -0.15) is 5.21 Å². The molecule has 0 radical (unpaired) electrons. The Kier molecular flexibility index (Phi) is 8.20. The molecule has 41 heavy (non-hydrogen) atoms. The molecule has 6 rings (SSSR count). The molecule has 1 aromatic heterocycles. The van der Waals surface area contributed by atoms with Crippen LogP contribution in [0.4, 0.5) is 5.95 Å². The van der Waals surface area contributed by atoms with Crippen LogP contribution in [0.5, 0.6) is 0 Å². The average molecular weight is 570 g/mol. The van der Waals surface area contributed by atoms with Gasteiger partial charge in [-0.3, -0.25) is 19.9 Å². The number of rotatable bonds is 9. The van der Waals surface area contributed by atoms with Gasteiger partial charge in [0.05, 0.1) is 12.6 Å². The van der Waals surface area contributed by atoms with Crippen molar-refractivity contribution < 1.29 is 9.53 Å². The Morgan fingerprint density at radius 1 is 0.976 bits per heavy atom. The van der Waals surface area contributed by atoms with E-state index in [1.165, 1.54) is 11.1 Å². The van der Waals surface area contributed by atoms with Crippen molar-refractivity contribution in [1.29, 1.82) is 0 Å². The van der Waals surface area contributed by atoms with Crippen LogP contribution in [-0.2, 0) is 15.1 Å². The highest BCUT2D eigenvalue weighted by atomic mass is 35.5. The Balaban J connectivity index is 1.12. The number of anilines is 1. The van der Waals surface area contributed by atoms with Crippen molar-refractivity contribution in [3.05, 3.63) is 112 Å². The molecule has 2 unspecified atom stereocenters. The van der Waals surface area contributed by atoms with Gasteiger partial charge in [0.25, 0.3) is 11.9 Å². The second-order valence-corrected chi connectivity index (χ2v) is 10.7. The van der Waals surface area contributed by atoms with Gasteiger partial charge >= 0.3 is 0 Å². The van der Waals surface area contributed by atoms with Crippen molar-refractivity contribution in [2.45, 2.75) is 18.1 Å². The molecule has 1 saturated heterocycles. The van der Waals surface area contributed by atoms with E-state index in [2.05, 4.69) is 78.2 Å². The maximum atomic E-state index is 13.6. The summed E-state index contributed by atoms with van der Waals surface area (Å²) in [6.45, 7) is 4.75. The first-order chi connectivity index (χ1) is 20.1. The molecule has 2 aliphatic rings. The van der Waals surface area contributed by atoms with Crippen LogP contribution in [-0.4, -0.2) is 75.7 Å². The van der Waals surface area contributed by atoms with E-state index in [-0.39, 0.29) is 17.9 Å². The number of piperazine rings is 1. The predicted octanol–water partition coefficient (Wildman–Crippen LogP) is 4.53. The average Bonchev–Trinajstić information content (AvgIpc) is 3.53. The summed E-state index contributed by atoms with van der Waals surface area (Å²) in [7, 11) is 0. The maximum absolute atomic E-state index is 13.6. The molecule has 210 valence electrons. The first-order valence-corrected chi connectivity index (χ1v) is 14.2. The number of carbonyl (C=O) groups excluding carboxylic acids is 1. The lowest BCUT2D eigenvalue weighted by Crippen LogP contribution is -2.50. The first kappa shape index (κ1) is 27.3. The number of carbonyl (C=O) groups is 1. The molecule has 0 bridgehead atoms. The Morgan fingerprint density at radius 3 is 2.46 bits per heavy atom. The van der Waals surface area contributed by atoms with Crippen LogP contribution >= 0.6 is 11.6 Å². The van der Waals surface area contributed by atoms with Gasteiger partial charge in [-0.25, -0.2) is 0 Å². The van der Waals surface area contributed by atoms with Crippen molar-refractivity contribution in [3.63, 3.8) is 0 Å². The SMILES string of the molecule is O=C(Nc1nn[nH]n1)C1(OCCN2CCN(C(c3ccccc3)c3ccc(Cl)cc3)CC2)CC=Cc2ccccc21. The molecule has 1 aliphatic heterocycles. The number of tetrazole rings is 1. The number of benzene rings is 3. The maximum Gasteiger partial charge on any atom is 0.269 e. The highest BCUT2D eigenvalue weighted by molar-refractivity contribution is 6.30. The zero-order chi connectivity index (χ0) is 28.1. The Hall–Kier alpha value is -3.89. The smallest absolute Gasteiger partial charge is 0.269 e. The van der Waals surface area contributed by atoms with Crippen LogP contribution in [0.15, 0.2) is 84.9 Å². The van der Waals surface area contributed by atoms with Crippen LogP contribution in [0.1, 0.15) is 34.7 Å².